The van der Waals surface area contributed by atoms with Crippen LogP contribution in [0.2, 0.25) is 0 Å². The quantitative estimate of drug-likeness (QED) is 0.524. The molecule has 0 saturated carbocycles. The molecule has 0 unspecified atom stereocenters. The van der Waals surface area contributed by atoms with Crippen molar-refractivity contribution in [1.29, 1.82) is 0 Å². The maximum atomic E-state index is 13.8. The molecule has 1 aromatic carbocycles. The molecule has 0 bridgehead atoms. The number of benzene rings is 1. The fourth-order valence-electron chi connectivity index (χ4n) is 3.92. The summed E-state index contributed by atoms with van der Waals surface area (Å²) in [5.74, 6) is -3.19. The predicted molar refractivity (Wildman–Crippen MR) is 114 cm³/mol. The molecule has 3 aromatic rings. The van der Waals surface area contributed by atoms with Crippen molar-refractivity contribution in [1.82, 2.24) is 24.8 Å². The van der Waals surface area contributed by atoms with E-state index in [-0.39, 0.29) is 53.3 Å². The van der Waals surface area contributed by atoms with Gasteiger partial charge in [-0.25, -0.2) is 18.6 Å². The fourth-order valence-corrected chi connectivity index (χ4v) is 3.92. The molecule has 1 saturated heterocycles. The van der Waals surface area contributed by atoms with Crippen LogP contribution in [0.15, 0.2) is 30.5 Å². The number of aryl methyl sites for hydroxylation is 1. The number of carboxylic acid groups (broad SMARTS) is 1. The van der Waals surface area contributed by atoms with Crippen LogP contribution in [0.25, 0.3) is 22.3 Å². The van der Waals surface area contributed by atoms with Crippen molar-refractivity contribution in [2.45, 2.75) is 31.5 Å². The lowest BCUT2D eigenvalue weighted by Gasteiger charge is -2.31. The zero-order chi connectivity index (χ0) is 25.5. The number of nitrogens with one attached hydrogen (secondary N) is 1. The van der Waals surface area contributed by atoms with E-state index < -0.39 is 42.5 Å². The van der Waals surface area contributed by atoms with E-state index in [0.717, 1.165) is 6.07 Å². The number of imidazole rings is 1. The summed E-state index contributed by atoms with van der Waals surface area (Å²) in [5, 5.41) is 10.9. The number of hydrogen-bond acceptors (Lipinski definition) is 4. The highest BCUT2D eigenvalue weighted by molar-refractivity contribution is 5.94. The molecule has 35 heavy (non-hydrogen) atoms. The molecule has 13 heteroatoms. The third-order valence-electron chi connectivity index (χ3n) is 5.87. The average molecular weight is 497 g/mol. The van der Waals surface area contributed by atoms with Gasteiger partial charge in [-0.2, -0.15) is 13.2 Å². The van der Waals surface area contributed by atoms with Gasteiger partial charge in [0.1, 0.15) is 11.3 Å². The molecule has 2 aromatic heterocycles. The smallest absolute Gasteiger partial charge is 0.418 e. The number of amides is 2. The third-order valence-corrected chi connectivity index (χ3v) is 5.87. The van der Waals surface area contributed by atoms with Gasteiger partial charge in [0.05, 0.1) is 28.9 Å². The van der Waals surface area contributed by atoms with Crippen LogP contribution in [0, 0.1) is 0 Å². The van der Waals surface area contributed by atoms with E-state index >= 15 is 0 Å². The summed E-state index contributed by atoms with van der Waals surface area (Å²) in [6.07, 6.45) is -5.75. The minimum atomic E-state index is -4.74. The predicted octanol–water partition coefficient (Wildman–Crippen LogP) is 4.29. The number of likely N-dealkylation sites (tertiary alicyclic amines) is 1. The lowest BCUT2D eigenvalue weighted by Crippen LogP contribution is -2.42. The molecule has 4 rings (SSSR count). The number of fused-ring (bicyclic) bond motifs is 1. The van der Waals surface area contributed by atoms with Gasteiger partial charge in [0.2, 0.25) is 0 Å². The number of carbonyl (C=O) groups is 2. The number of rotatable bonds is 4. The summed E-state index contributed by atoms with van der Waals surface area (Å²) >= 11 is 0. The Bertz CT molecular complexity index is 1280. The Morgan fingerprint density at radius 3 is 2.43 bits per heavy atom. The van der Waals surface area contributed by atoms with Crippen molar-refractivity contribution < 1.29 is 36.6 Å². The number of halogens is 5. The highest BCUT2D eigenvalue weighted by atomic mass is 19.4. The van der Waals surface area contributed by atoms with Crippen molar-refractivity contribution in [3.05, 3.63) is 47.4 Å². The summed E-state index contributed by atoms with van der Waals surface area (Å²) < 4.78 is 69.5. The zero-order valence-electron chi connectivity index (χ0n) is 18.4. The molecule has 8 nitrogen and oxygen atoms in total. The highest BCUT2D eigenvalue weighted by Crippen LogP contribution is 2.38. The van der Waals surface area contributed by atoms with Crippen molar-refractivity contribution in [3.63, 3.8) is 0 Å². The maximum Gasteiger partial charge on any atom is 0.418 e. The van der Waals surface area contributed by atoms with E-state index in [1.54, 1.807) is 0 Å². The first kappa shape index (κ1) is 24.4. The van der Waals surface area contributed by atoms with E-state index in [2.05, 4.69) is 15.3 Å². The summed E-state index contributed by atoms with van der Waals surface area (Å²) in [4.78, 5) is 32.8. The monoisotopic (exact) mass is 497 g/mol. The molecule has 1 aliphatic rings. The molecule has 0 aliphatic carbocycles. The first-order chi connectivity index (χ1) is 16.4. The average Bonchev–Trinajstić information content (AvgIpc) is 3.11. The van der Waals surface area contributed by atoms with E-state index in [1.807, 2.05) is 0 Å². The van der Waals surface area contributed by atoms with Gasteiger partial charge in [0, 0.05) is 44.7 Å². The Morgan fingerprint density at radius 2 is 1.86 bits per heavy atom. The lowest BCUT2D eigenvalue weighted by molar-refractivity contribution is -0.136. The van der Waals surface area contributed by atoms with Crippen LogP contribution in [-0.2, 0) is 19.8 Å². The minimum Gasteiger partial charge on any atom is -0.465 e. The summed E-state index contributed by atoms with van der Waals surface area (Å²) in [7, 11) is 1.47. The van der Waals surface area contributed by atoms with Crippen LogP contribution >= 0.6 is 0 Å². The molecule has 1 fully saturated rings. The molecular formula is C22H20F5N5O3. The second kappa shape index (κ2) is 8.78. The molecule has 2 amide bonds. The normalized spacial score (nSPS) is 15.9. The van der Waals surface area contributed by atoms with Gasteiger partial charge in [-0.15, -0.1) is 0 Å². The number of hydrogen-bond donors (Lipinski definition) is 2. The van der Waals surface area contributed by atoms with E-state index in [0.29, 0.717) is 0 Å². The molecule has 0 radical (unpaired) electrons. The second-order valence-electron chi connectivity index (χ2n) is 8.22. The third kappa shape index (κ3) is 5.03. The first-order valence-electron chi connectivity index (χ1n) is 10.5. The van der Waals surface area contributed by atoms with Gasteiger partial charge in [0.25, 0.3) is 11.8 Å². The summed E-state index contributed by atoms with van der Waals surface area (Å²) in [6, 6.07) is 5.11. The Kier molecular flexibility index (Phi) is 6.11. The molecule has 0 spiro atoms. The number of alkyl halides is 5. The fraction of sp³-hybridized carbons (Fsp3) is 0.364. The second-order valence-corrected chi connectivity index (χ2v) is 8.22. The van der Waals surface area contributed by atoms with Crippen molar-refractivity contribution in [3.8, 4) is 11.3 Å². The van der Waals surface area contributed by atoms with E-state index in [9.17, 15) is 31.5 Å². The number of piperidine rings is 1. The molecule has 186 valence electrons. The van der Waals surface area contributed by atoms with Crippen molar-refractivity contribution >= 4 is 23.0 Å². The van der Waals surface area contributed by atoms with Gasteiger partial charge < -0.3 is 19.9 Å². The van der Waals surface area contributed by atoms with Crippen molar-refractivity contribution in [2.75, 3.05) is 13.1 Å². The molecule has 0 atom stereocenters. The van der Waals surface area contributed by atoms with Crippen molar-refractivity contribution in [2.24, 2.45) is 7.05 Å². The Labute approximate surface area is 195 Å². The zero-order valence-corrected chi connectivity index (χ0v) is 18.4. The van der Waals surface area contributed by atoms with Gasteiger partial charge in [-0.1, -0.05) is 0 Å². The number of pyridine rings is 1. The molecular weight excluding hydrogens is 477 g/mol. The molecule has 3 heterocycles. The highest BCUT2D eigenvalue weighted by Gasteiger charge is 2.36. The largest absolute Gasteiger partial charge is 0.465 e. The Morgan fingerprint density at radius 1 is 1.17 bits per heavy atom. The first-order valence-corrected chi connectivity index (χ1v) is 10.5. The van der Waals surface area contributed by atoms with Crippen LogP contribution in [0.5, 0.6) is 0 Å². The summed E-state index contributed by atoms with van der Waals surface area (Å²) in [6.45, 7) is -0.484. The van der Waals surface area contributed by atoms with Crippen LogP contribution in [0.4, 0.5) is 26.7 Å². The van der Waals surface area contributed by atoms with Gasteiger partial charge in [0.15, 0.2) is 0 Å². The Balaban J connectivity index is 1.67. The minimum absolute atomic E-state index is 0.0889. The van der Waals surface area contributed by atoms with Crippen LogP contribution in [0.3, 0.4) is 0 Å². The standard InChI is InChI=1S/C22H20F5N5O3/c1-31-16-9-13(8-14(22(25,26)27)18(16)30-17(31)11-29-20(34)35)15-3-2-12(10-28-15)19(33)32-6-4-21(23,24)5-7-32/h2-3,8-10,29H,4-7,11H2,1H3,(H,34,35). The number of carbonyl (C=O) groups excluding carboxylic acids is 1. The van der Waals surface area contributed by atoms with E-state index in [4.69, 9.17) is 5.11 Å². The topological polar surface area (TPSA) is 100 Å². The number of aromatic nitrogens is 3. The Hall–Kier alpha value is -3.77. The molecule has 1 aliphatic heterocycles. The van der Waals surface area contributed by atoms with Gasteiger partial charge in [-0.05, 0) is 24.3 Å². The maximum absolute atomic E-state index is 13.8. The van der Waals surface area contributed by atoms with Crippen LogP contribution in [0.1, 0.15) is 34.6 Å². The molecule has 2 N–H and O–H groups in total. The lowest BCUT2D eigenvalue weighted by atomic mass is 10.0. The summed E-state index contributed by atoms with van der Waals surface area (Å²) in [5.41, 5.74) is -0.822. The van der Waals surface area contributed by atoms with E-state index in [1.165, 1.54) is 40.9 Å². The SMILES string of the molecule is Cn1c(CNC(=O)O)nc2c(C(F)(F)F)cc(-c3ccc(C(=O)N4CCC(F)(F)CC4)cn3)cc21. The van der Waals surface area contributed by atoms with Crippen LogP contribution < -0.4 is 5.32 Å². The number of nitrogens with zero attached hydrogens (tertiary/aromatic N) is 4. The van der Waals surface area contributed by atoms with Gasteiger partial charge in [-0.3, -0.25) is 9.78 Å². The van der Waals surface area contributed by atoms with Gasteiger partial charge >= 0.3 is 12.3 Å². The van der Waals surface area contributed by atoms with Crippen LogP contribution in [-0.4, -0.2) is 55.6 Å².